The van der Waals surface area contributed by atoms with Crippen LogP contribution in [0.1, 0.15) is 5.69 Å². The molecule has 4 heteroatoms. The highest BCUT2D eigenvalue weighted by Crippen LogP contribution is 2.03. The average Bonchev–Trinajstić information content (AvgIpc) is 2.18. The summed E-state index contributed by atoms with van der Waals surface area (Å²) >= 11 is 1.85. The second-order valence-electron chi connectivity index (χ2n) is 2.84. The van der Waals surface area contributed by atoms with Gasteiger partial charge in [0, 0.05) is 24.2 Å². The molecule has 0 bridgehead atoms. The van der Waals surface area contributed by atoms with Gasteiger partial charge in [0.1, 0.15) is 5.82 Å². The van der Waals surface area contributed by atoms with Crippen LogP contribution in [0.2, 0.25) is 0 Å². The molecular formula is C10H15N3S. The summed E-state index contributed by atoms with van der Waals surface area (Å²) in [4.78, 5) is 8.34. The average molecular weight is 209 g/mol. The maximum atomic E-state index is 4.29. The van der Waals surface area contributed by atoms with Crippen LogP contribution in [0, 0.1) is 6.92 Å². The fourth-order valence-electron chi connectivity index (χ4n) is 0.967. The molecule has 1 aromatic rings. The summed E-state index contributed by atoms with van der Waals surface area (Å²) in [6, 6.07) is 0. The van der Waals surface area contributed by atoms with E-state index in [0.717, 1.165) is 29.6 Å². The van der Waals surface area contributed by atoms with Crippen LogP contribution in [0.3, 0.4) is 0 Å². The molecule has 0 radical (unpaired) electrons. The van der Waals surface area contributed by atoms with Crippen molar-refractivity contribution >= 4 is 17.6 Å². The predicted molar refractivity (Wildman–Crippen MR) is 62.8 cm³/mol. The van der Waals surface area contributed by atoms with Gasteiger partial charge in [0.2, 0.25) is 0 Å². The van der Waals surface area contributed by atoms with E-state index in [-0.39, 0.29) is 0 Å². The maximum Gasteiger partial charge on any atom is 0.144 e. The molecule has 0 fully saturated rings. The SMILES string of the molecule is C=CCSCCNc1cncc(C)n1. The Labute approximate surface area is 89.0 Å². The van der Waals surface area contributed by atoms with Crippen molar-refractivity contribution in [3.63, 3.8) is 0 Å². The lowest BCUT2D eigenvalue weighted by molar-refractivity contribution is 1.08. The second kappa shape index (κ2) is 6.43. The number of aromatic nitrogens is 2. The number of rotatable bonds is 6. The number of nitrogens with zero attached hydrogens (tertiary/aromatic N) is 2. The zero-order chi connectivity index (χ0) is 10.2. The first-order valence-corrected chi connectivity index (χ1v) is 5.69. The van der Waals surface area contributed by atoms with E-state index in [2.05, 4.69) is 21.9 Å². The summed E-state index contributed by atoms with van der Waals surface area (Å²) < 4.78 is 0. The van der Waals surface area contributed by atoms with E-state index in [1.54, 1.807) is 12.4 Å². The standard InChI is InChI=1S/C10H15N3S/c1-3-5-14-6-4-12-10-8-11-7-9(2)13-10/h3,7-8H,1,4-6H2,2H3,(H,12,13). The highest BCUT2D eigenvalue weighted by atomic mass is 32.2. The molecule has 0 atom stereocenters. The molecule has 1 aromatic heterocycles. The van der Waals surface area contributed by atoms with Gasteiger partial charge in [-0.15, -0.1) is 6.58 Å². The third-order valence-electron chi connectivity index (χ3n) is 1.54. The molecular weight excluding hydrogens is 194 g/mol. The van der Waals surface area contributed by atoms with Gasteiger partial charge >= 0.3 is 0 Å². The number of hydrogen-bond donors (Lipinski definition) is 1. The first kappa shape index (κ1) is 11.0. The van der Waals surface area contributed by atoms with Gasteiger partial charge in [0.05, 0.1) is 11.9 Å². The molecule has 0 amide bonds. The van der Waals surface area contributed by atoms with Crippen molar-refractivity contribution in [1.82, 2.24) is 9.97 Å². The number of thioether (sulfide) groups is 1. The molecule has 14 heavy (non-hydrogen) atoms. The summed E-state index contributed by atoms with van der Waals surface area (Å²) in [6.45, 7) is 6.51. The minimum atomic E-state index is 0.851. The summed E-state index contributed by atoms with van der Waals surface area (Å²) in [5.74, 6) is 2.91. The van der Waals surface area contributed by atoms with Gasteiger partial charge in [-0.2, -0.15) is 11.8 Å². The van der Waals surface area contributed by atoms with E-state index in [4.69, 9.17) is 0 Å². The zero-order valence-corrected chi connectivity index (χ0v) is 9.18. The van der Waals surface area contributed by atoms with Crippen molar-refractivity contribution in [3.8, 4) is 0 Å². The van der Waals surface area contributed by atoms with Crippen LogP contribution >= 0.6 is 11.8 Å². The topological polar surface area (TPSA) is 37.8 Å². The lowest BCUT2D eigenvalue weighted by Crippen LogP contribution is -2.06. The zero-order valence-electron chi connectivity index (χ0n) is 8.36. The fraction of sp³-hybridized carbons (Fsp3) is 0.400. The normalized spacial score (nSPS) is 9.79. The molecule has 1 N–H and O–H groups in total. The molecule has 0 spiro atoms. The number of anilines is 1. The van der Waals surface area contributed by atoms with E-state index < -0.39 is 0 Å². The van der Waals surface area contributed by atoms with Crippen LogP contribution in [0.15, 0.2) is 25.0 Å². The van der Waals surface area contributed by atoms with Crippen LogP contribution < -0.4 is 5.32 Å². The highest BCUT2D eigenvalue weighted by Gasteiger charge is 1.93. The molecule has 0 aliphatic rings. The van der Waals surface area contributed by atoms with Gasteiger partial charge in [-0.1, -0.05) is 6.08 Å². The Morgan fingerprint density at radius 2 is 2.43 bits per heavy atom. The third kappa shape index (κ3) is 4.28. The summed E-state index contributed by atoms with van der Waals surface area (Å²) in [7, 11) is 0. The molecule has 0 aromatic carbocycles. The van der Waals surface area contributed by atoms with Crippen molar-refractivity contribution in [3.05, 3.63) is 30.7 Å². The third-order valence-corrected chi connectivity index (χ3v) is 2.51. The van der Waals surface area contributed by atoms with E-state index in [1.165, 1.54) is 0 Å². The first-order valence-electron chi connectivity index (χ1n) is 4.54. The molecule has 1 rings (SSSR count). The van der Waals surface area contributed by atoms with Crippen molar-refractivity contribution < 1.29 is 0 Å². The summed E-state index contributed by atoms with van der Waals surface area (Å²) in [6.07, 6.45) is 5.40. The molecule has 1 heterocycles. The molecule has 76 valence electrons. The van der Waals surface area contributed by atoms with Gasteiger partial charge < -0.3 is 5.32 Å². The van der Waals surface area contributed by atoms with E-state index in [9.17, 15) is 0 Å². The van der Waals surface area contributed by atoms with Gasteiger partial charge in [-0.05, 0) is 6.92 Å². The monoisotopic (exact) mass is 209 g/mol. The Kier molecular flexibility index (Phi) is 5.07. The van der Waals surface area contributed by atoms with Crippen LogP contribution in [-0.2, 0) is 0 Å². The Hall–Kier alpha value is -1.03. The lowest BCUT2D eigenvalue weighted by Gasteiger charge is -2.04. The van der Waals surface area contributed by atoms with E-state index in [0.29, 0.717) is 0 Å². The van der Waals surface area contributed by atoms with Crippen LogP contribution in [-0.4, -0.2) is 28.0 Å². The number of aryl methyl sites for hydroxylation is 1. The second-order valence-corrected chi connectivity index (χ2v) is 3.99. The maximum absolute atomic E-state index is 4.29. The van der Waals surface area contributed by atoms with Crippen LogP contribution in [0.25, 0.3) is 0 Å². The Bertz CT molecular complexity index is 288. The van der Waals surface area contributed by atoms with Gasteiger partial charge in [-0.3, -0.25) is 4.98 Å². The van der Waals surface area contributed by atoms with Crippen molar-refractivity contribution in [1.29, 1.82) is 0 Å². The number of nitrogens with one attached hydrogen (secondary N) is 1. The molecule has 0 saturated carbocycles. The van der Waals surface area contributed by atoms with Gasteiger partial charge in [0.25, 0.3) is 0 Å². The van der Waals surface area contributed by atoms with Crippen LogP contribution in [0.4, 0.5) is 5.82 Å². The molecule has 0 aliphatic heterocycles. The van der Waals surface area contributed by atoms with Crippen LogP contribution in [0.5, 0.6) is 0 Å². The molecule has 0 saturated heterocycles. The quantitative estimate of drug-likeness (QED) is 0.575. The van der Waals surface area contributed by atoms with Crippen molar-refractivity contribution in [2.45, 2.75) is 6.92 Å². The summed E-state index contributed by atoms with van der Waals surface area (Å²) in [5.41, 5.74) is 0.939. The van der Waals surface area contributed by atoms with E-state index >= 15 is 0 Å². The predicted octanol–water partition coefficient (Wildman–Crippen LogP) is 2.12. The van der Waals surface area contributed by atoms with Gasteiger partial charge in [-0.25, -0.2) is 4.98 Å². The largest absolute Gasteiger partial charge is 0.368 e. The number of hydrogen-bond acceptors (Lipinski definition) is 4. The lowest BCUT2D eigenvalue weighted by atomic mass is 10.5. The highest BCUT2D eigenvalue weighted by molar-refractivity contribution is 7.99. The molecule has 0 unspecified atom stereocenters. The minimum Gasteiger partial charge on any atom is -0.368 e. The molecule has 0 aliphatic carbocycles. The Balaban J connectivity index is 2.21. The molecule has 3 nitrogen and oxygen atoms in total. The fourth-order valence-corrected chi connectivity index (χ4v) is 1.55. The summed E-state index contributed by atoms with van der Waals surface area (Å²) in [5, 5.41) is 3.22. The minimum absolute atomic E-state index is 0.851. The first-order chi connectivity index (χ1) is 6.83. The Morgan fingerprint density at radius 1 is 1.57 bits per heavy atom. The van der Waals surface area contributed by atoms with E-state index in [1.807, 2.05) is 24.8 Å². The van der Waals surface area contributed by atoms with Gasteiger partial charge in [0.15, 0.2) is 0 Å². The van der Waals surface area contributed by atoms with Crippen molar-refractivity contribution in [2.75, 3.05) is 23.4 Å². The Morgan fingerprint density at radius 3 is 3.14 bits per heavy atom. The smallest absolute Gasteiger partial charge is 0.144 e. The van der Waals surface area contributed by atoms with Crippen molar-refractivity contribution in [2.24, 2.45) is 0 Å².